The monoisotopic (exact) mass is 287 g/mol. The van der Waals surface area contributed by atoms with Gasteiger partial charge in [-0.2, -0.15) is 0 Å². The van der Waals surface area contributed by atoms with Crippen LogP contribution in [0.1, 0.15) is 13.3 Å². The van der Waals surface area contributed by atoms with Gasteiger partial charge in [-0.15, -0.1) is 0 Å². The van der Waals surface area contributed by atoms with Crippen LogP contribution in [-0.4, -0.2) is 28.5 Å². The molecule has 2 rings (SSSR count). The molecule has 1 aromatic carbocycles. The lowest BCUT2D eigenvalue weighted by atomic mass is 10.3. The predicted octanol–water partition coefficient (Wildman–Crippen LogP) is 2.97. The molecule has 21 heavy (non-hydrogen) atoms. The van der Waals surface area contributed by atoms with Gasteiger partial charge in [0.25, 0.3) is 0 Å². The highest BCUT2D eigenvalue weighted by atomic mass is 16.6. The lowest BCUT2D eigenvalue weighted by molar-refractivity contribution is -0.383. The van der Waals surface area contributed by atoms with Gasteiger partial charge in [-0.1, -0.05) is 25.1 Å². The van der Waals surface area contributed by atoms with Crippen molar-refractivity contribution in [3.8, 4) is 0 Å². The molecule has 2 aromatic rings. The minimum Gasteiger partial charge on any atom is -0.364 e. The number of nitro groups is 1. The van der Waals surface area contributed by atoms with E-state index in [1.54, 1.807) is 11.9 Å². The summed E-state index contributed by atoms with van der Waals surface area (Å²) in [5.41, 5.74) is 0.707. The van der Waals surface area contributed by atoms with Crippen LogP contribution < -0.4 is 10.2 Å². The molecule has 0 aliphatic rings. The summed E-state index contributed by atoms with van der Waals surface area (Å²) in [4.78, 5) is 20.7. The minimum absolute atomic E-state index is 0.114. The summed E-state index contributed by atoms with van der Waals surface area (Å²) in [6, 6.07) is 9.36. The van der Waals surface area contributed by atoms with E-state index in [0.717, 1.165) is 12.1 Å². The normalized spacial score (nSPS) is 10.2. The Kier molecular flexibility index (Phi) is 4.65. The molecule has 1 N–H and O–H groups in total. The molecule has 0 spiro atoms. The number of aromatic nitrogens is 2. The van der Waals surface area contributed by atoms with Crippen LogP contribution in [-0.2, 0) is 0 Å². The quantitative estimate of drug-likeness (QED) is 0.649. The summed E-state index contributed by atoms with van der Waals surface area (Å²) in [5.74, 6) is 0.509. The van der Waals surface area contributed by atoms with Crippen LogP contribution in [0.5, 0.6) is 0 Å². The topological polar surface area (TPSA) is 84.2 Å². The van der Waals surface area contributed by atoms with Gasteiger partial charge in [-0.25, -0.2) is 9.97 Å². The molecule has 110 valence electrons. The molecular weight excluding hydrogens is 270 g/mol. The molecule has 0 fully saturated rings. The van der Waals surface area contributed by atoms with Crippen LogP contribution >= 0.6 is 0 Å². The molecule has 1 aromatic heterocycles. The zero-order chi connectivity index (χ0) is 15.2. The molecule has 0 amide bonds. The van der Waals surface area contributed by atoms with Crippen molar-refractivity contribution >= 4 is 23.0 Å². The van der Waals surface area contributed by atoms with Crippen molar-refractivity contribution < 1.29 is 4.92 Å². The van der Waals surface area contributed by atoms with E-state index in [0.29, 0.717) is 6.54 Å². The largest absolute Gasteiger partial charge is 0.364 e. The Bertz CT molecular complexity index is 618. The molecule has 0 saturated carbocycles. The predicted molar refractivity (Wildman–Crippen MR) is 82.0 cm³/mol. The van der Waals surface area contributed by atoms with Gasteiger partial charge in [-0.05, 0) is 18.6 Å². The van der Waals surface area contributed by atoms with Crippen LogP contribution in [0.15, 0.2) is 36.7 Å². The van der Waals surface area contributed by atoms with Crippen LogP contribution in [0.25, 0.3) is 0 Å². The minimum atomic E-state index is -0.452. The van der Waals surface area contributed by atoms with Crippen LogP contribution in [0.4, 0.5) is 23.0 Å². The van der Waals surface area contributed by atoms with E-state index in [1.165, 1.54) is 6.33 Å². The number of rotatable bonds is 6. The van der Waals surface area contributed by atoms with Crippen molar-refractivity contribution in [3.63, 3.8) is 0 Å². The van der Waals surface area contributed by atoms with Crippen molar-refractivity contribution in [2.75, 3.05) is 23.8 Å². The highest BCUT2D eigenvalue weighted by Gasteiger charge is 2.25. The van der Waals surface area contributed by atoms with E-state index in [1.807, 2.05) is 37.3 Å². The molecule has 0 atom stereocenters. The van der Waals surface area contributed by atoms with E-state index in [-0.39, 0.29) is 17.3 Å². The van der Waals surface area contributed by atoms with Crippen molar-refractivity contribution in [2.24, 2.45) is 0 Å². The summed E-state index contributed by atoms with van der Waals surface area (Å²) in [7, 11) is 1.74. The molecule has 0 bridgehead atoms. The van der Waals surface area contributed by atoms with Gasteiger partial charge in [0.1, 0.15) is 6.33 Å². The second-order valence-corrected chi connectivity index (χ2v) is 4.47. The maximum Gasteiger partial charge on any atom is 0.353 e. The Labute approximate surface area is 122 Å². The standard InChI is InChI=1S/C14H17N5O2/c1-3-9-15-13-12(19(20)21)14(17-10-16-13)18(2)11-7-5-4-6-8-11/h4-8,10H,3,9H2,1-2H3,(H,15,16,17). The van der Waals surface area contributed by atoms with E-state index in [4.69, 9.17) is 0 Å². The summed E-state index contributed by atoms with van der Waals surface area (Å²) in [6.07, 6.45) is 2.19. The maximum atomic E-state index is 11.4. The molecule has 7 nitrogen and oxygen atoms in total. The average Bonchev–Trinajstić information content (AvgIpc) is 2.52. The molecule has 0 saturated heterocycles. The van der Waals surface area contributed by atoms with Gasteiger partial charge in [0.05, 0.1) is 4.92 Å². The number of nitrogens with one attached hydrogen (secondary N) is 1. The fourth-order valence-corrected chi connectivity index (χ4v) is 1.93. The Balaban J connectivity index is 2.45. The fourth-order valence-electron chi connectivity index (χ4n) is 1.93. The van der Waals surface area contributed by atoms with Crippen molar-refractivity contribution in [1.82, 2.24) is 9.97 Å². The van der Waals surface area contributed by atoms with E-state index < -0.39 is 4.92 Å². The maximum absolute atomic E-state index is 11.4. The van der Waals surface area contributed by atoms with Gasteiger partial charge < -0.3 is 10.2 Å². The lowest BCUT2D eigenvalue weighted by Gasteiger charge is -2.18. The number of para-hydroxylation sites is 1. The van der Waals surface area contributed by atoms with Gasteiger partial charge in [0.2, 0.25) is 11.6 Å². The molecule has 0 aliphatic carbocycles. The molecule has 0 aliphatic heterocycles. The molecular formula is C14H17N5O2. The summed E-state index contributed by atoms with van der Waals surface area (Å²) in [5, 5.41) is 14.4. The van der Waals surface area contributed by atoms with Gasteiger partial charge in [0, 0.05) is 19.3 Å². The van der Waals surface area contributed by atoms with E-state index in [2.05, 4.69) is 15.3 Å². The van der Waals surface area contributed by atoms with E-state index in [9.17, 15) is 10.1 Å². The lowest BCUT2D eigenvalue weighted by Crippen LogP contribution is -2.15. The second kappa shape index (κ2) is 6.65. The third kappa shape index (κ3) is 3.25. The Morgan fingerprint density at radius 2 is 2.00 bits per heavy atom. The summed E-state index contributed by atoms with van der Waals surface area (Å²) in [6.45, 7) is 2.60. The fraction of sp³-hybridized carbons (Fsp3) is 0.286. The number of hydrogen-bond acceptors (Lipinski definition) is 6. The molecule has 7 heteroatoms. The first-order valence-corrected chi connectivity index (χ1v) is 6.67. The number of hydrogen-bond donors (Lipinski definition) is 1. The molecule has 0 radical (unpaired) electrons. The summed E-state index contributed by atoms with van der Waals surface area (Å²) >= 11 is 0. The van der Waals surface area contributed by atoms with Crippen molar-refractivity contribution in [2.45, 2.75) is 13.3 Å². The molecule has 0 unspecified atom stereocenters. The van der Waals surface area contributed by atoms with Crippen molar-refractivity contribution in [3.05, 3.63) is 46.8 Å². The first kappa shape index (κ1) is 14.7. The Hall–Kier alpha value is -2.70. The van der Waals surface area contributed by atoms with Gasteiger partial charge >= 0.3 is 5.69 Å². The third-order valence-electron chi connectivity index (χ3n) is 2.99. The van der Waals surface area contributed by atoms with Gasteiger partial charge in [0.15, 0.2) is 0 Å². The summed E-state index contributed by atoms with van der Waals surface area (Å²) < 4.78 is 0. The first-order chi connectivity index (χ1) is 10.1. The van der Waals surface area contributed by atoms with Crippen LogP contribution in [0, 0.1) is 10.1 Å². The highest BCUT2D eigenvalue weighted by Crippen LogP contribution is 2.34. The Morgan fingerprint density at radius 3 is 2.62 bits per heavy atom. The zero-order valence-corrected chi connectivity index (χ0v) is 12.0. The second-order valence-electron chi connectivity index (χ2n) is 4.47. The third-order valence-corrected chi connectivity index (χ3v) is 2.99. The average molecular weight is 287 g/mol. The number of nitrogens with zero attached hydrogens (tertiary/aromatic N) is 4. The van der Waals surface area contributed by atoms with Crippen LogP contribution in [0.3, 0.4) is 0 Å². The van der Waals surface area contributed by atoms with Crippen LogP contribution in [0.2, 0.25) is 0 Å². The zero-order valence-electron chi connectivity index (χ0n) is 12.0. The number of anilines is 3. The number of benzene rings is 1. The Morgan fingerprint density at radius 1 is 1.29 bits per heavy atom. The molecule has 1 heterocycles. The van der Waals surface area contributed by atoms with Gasteiger partial charge in [-0.3, -0.25) is 10.1 Å². The van der Waals surface area contributed by atoms with Crippen molar-refractivity contribution in [1.29, 1.82) is 0 Å². The smallest absolute Gasteiger partial charge is 0.353 e. The first-order valence-electron chi connectivity index (χ1n) is 6.67. The van der Waals surface area contributed by atoms with E-state index >= 15 is 0 Å². The SMILES string of the molecule is CCCNc1ncnc(N(C)c2ccccc2)c1[N+](=O)[O-]. The highest BCUT2D eigenvalue weighted by molar-refractivity contribution is 5.75.